The smallest absolute Gasteiger partial charge is 0.266 e. The molecule has 8 heteroatoms. The second kappa shape index (κ2) is 6.57. The Morgan fingerprint density at radius 1 is 1.38 bits per heavy atom. The van der Waals surface area contributed by atoms with Gasteiger partial charge in [0, 0.05) is 5.56 Å². The van der Waals surface area contributed by atoms with Gasteiger partial charge in [-0.05, 0) is 24.6 Å². The summed E-state index contributed by atoms with van der Waals surface area (Å²) in [4.78, 5) is 28.3. The first-order valence-electron chi connectivity index (χ1n) is 6.28. The molecular weight excluding hydrogens is 289 g/mol. The number of rotatable bonds is 4. The van der Waals surface area contributed by atoms with Crippen LogP contribution in [0.1, 0.15) is 28.8 Å². The molecule has 5 nitrogen and oxygen atoms in total. The molecule has 1 aromatic rings. The van der Waals surface area contributed by atoms with Crippen LogP contribution in [-0.2, 0) is 9.63 Å². The van der Waals surface area contributed by atoms with E-state index in [0.717, 1.165) is 23.6 Å². The van der Waals surface area contributed by atoms with Gasteiger partial charge in [0.2, 0.25) is 0 Å². The number of carbonyl (C=O) groups excluding carboxylic acids is 2. The largest absolute Gasteiger partial charge is 0.343 e. The molecule has 0 spiro atoms. The first-order valence-corrected chi connectivity index (χ1v) is 6.28. The minimum atomic E-state index is -2.95. The molecule has 0 saturated carbocycles. The molecule has 1 aliphatic heterocycles. The van der Waals surface area contributed by atoms with E-state index in [1.165, 1.54) is 0 Å². The maximum Gasteiger partial charge on any atom is 0.266 e. The fraction of sp³-hybridized carbons (Fsp3) is 0.385. The number of hydrogen-bond acceptors (Lipinski definition) is 3. The molecule has 2 amide bonds. The minimum Gasteiger partial charge on any atom is -0.343 e. The van der Waals surface area contributed by atoms with Crippen molar-refractivity contribution in [2.24, 2.45) is 0 Å². The standard InChI is InChI=1S/C13H13F3N2O3/c14-10-6-8(2-3-9(10)12(15)16)13(20)17-7-11(19)18-4-1-5-21-18/h2-3,6,12H,1,4-5,7H2,(H,17,20). The summed E-state index contributed by atoms with van der Waals surface area (Å²) >= 11 is 0. The number of nitrogens with one attached hydrogen (secondary N) is 1. The van der Waals surface area contributed by atoms with Gasteiger partial charge in [0.05, 0.1) is 25.3 Å². The van der Waals surface area contributed by atoms with Gasteiger partial charge in [0.1, 0.15) is 5.82 Å². The topological polar surface area (TPSA) is 58.6 Å². The highest BCUT2D eigenvalue weighted by molar-refractivity contribution is 5.96. The molecule has 0 atom stereocenters. The first kappa shape index (κ1) is 15.3. The monoisotopic (exact) mass is 302 g/mol. The van der Waals surface area contributed by atoms with Crippen molar-refractivity contribution in [3.8, 4) is 0 Å². The van der Waals surface area contributed by atoms with Crippen molar-refractivity contribution in [3.05, 3.63) is 35.1 Å². The van der Waals surface area contributed by atoms with E-state index in [4.69, 9.17) is 4.84 Å². The minimum absolute atomic E-state index is 0.132. The molecule has 0 aliphatic carbocycles. The van der Waals surface area contributed by atoms with Gasteiger partial charge >= 0.3 is 0 Å². The van der Waals surface area contributed by atoms with Crippen molar-refractivity contribution in [2.75, 3.05) is 19.7 Å². The Bertz CT molecular complexity index is 545. The maximum absolute atomic E-state index is 13.4. The zero-order valence-electron chi connectivity index (χ0n) is 10.9. The van der Waals surface area contributed by atoms with Crippen LogP contribution in [0.5, 0.6) is 0 Å². The van der Waals surface area contributed by atoms with Crippen molar-refractivity contribution in [3.63, 3.8) is 0 Å². The van der Waals surface area contributed by atoms with Gasteiger partial charge in [0.15, 0.2) is 0 Å². The van der Waals surface area contributed by atoms with Gasteiger partial charge in [-0.15, -0.1) is 0 Å². The molecule has 0 unspecified atom stereocenters. The lowest BCUT2D eigenvalue weighted by Gasteiger charge is -2.14. The van der Waals surface area contributed by atoms with Crippen LogP contribution in [-0.4, -0.2) is 36.6 Å². The van der Waals surface area contributed by atoms with Crippen LogP contribution in [0.25, 0.3) is 0 Å². The van der Waals surface area contributed by atoms with Gasteiger partial charge in [-0.25, -0.2) is 18.2 Å². The molecular formula is C13H13F3N2O3. The maximum atomic E-state index is 13.4. The van der Waals surface area contributed by atoms with E-state index in [0.29, 0.717) is 19.2 Å². The second-order valence-corrected chi connectivity index (χ2v) is 4.40. The van der Waals surface area contributed by atoms with Crippen molar-refractivity contribution in [2.45, 2.75) is 12.8 Å². The van der Waals surface area contributed by atoms with E-state index in [2.05, 4.69) is 5.32 Å². The molecule has 1 aliphatic rings. The summed E-state index contributed by atoms with van der Waals surface area (Å²) in [6.45, 7) is 0.587. The predicted molar refractivity (Wildman–Crippen MR) is 66.0 cm³/mol. The Morgan fingerprint density at radius 2 is 2.14 bits per heavy atom. The summed E-state index contributed by atoms with van der Waals surface area (Å²) in [5.74, 6) is -2.31. The average molecular weight is 302 g/mol. The number of halogens is 3. The highest BCUT2D eigenvalue weighted by Gasteiger charge is 2.20. The third kappa shape index (κ3) is 3.72. The number of nitrogens with zero attached hydrogens (tertiary/aromatic N) is 1. The number of amides is 2. The van der Waals surface area contributed by atoms with Crippen LogP contribution in [0.15, 0.2) is 18.2 Å². The zero-order chi connectivity index (χ0) is 15.4. The molecule has 1 saturated heterocycles. The SMILES string of the molecule is O=C(NCC(=O)N1CCCO1)c1ccc(C(F)F)c(F)c1. The number of carbonyl (C=O) groups is 2. The lowest BCUT2D eigenvalue weighted by molar-refractivity contribution is -0.167. The van der Waals surface area contributed by atoms with Gasteiger partial charge < -0.3 is 5.32 Å². The predicted octanol–water partition coefficient (Wildman–Crippen LogP) is 1.66. The van der Waals surface area contributed by atoms with Crippen LogP contribution in [0.2, 0.25) is 0 Å². The van der Waals surface area contributed by atoms with E-state index >= 15 is 0 Å². The van der Waals surface area contributed by atoms with Gasteiger partial charge in [-0.1, -0.05) is 0 Å². The van der Waals surface area contributed by atoms with Crippen molar-refractivity contribution in [1.29, 1.82) is 0 Å². The first-order chi connectivity index (χ1) is 9.99. The Balaban J connectivity index is 1.94. The summed E-state index contributed by atoms with van der Waals surface area (Å²) in [5, 5.41) is 3.43. The van der Waals surface area contributed by atoms with Crippen LogP contribution >= 0.6 is 0 Å². The number of benzene rings is 1. The zero-order valence-corrected chi connectivity index (χ0v) is 10.9. The van der Waals surface area contributed by atoms with Gasteiger partial charge in [0.25, 0.3) is 18.2 Å². The van der Waals surface area contributed by atoms with Crippen LogP contribution in [0, 0.1) is 5.82 Å². The summed E-state index contributed by atoms with van der Waals surface area (Å²) in [7, 11) is 0. The van der Waals surface area contributed by atoms with Gasteiger partial charge in [-0.2, -0.15) is 0 Å². The Morgan fingerprint density at radius 3 is 2.71 bits per heavy atom. The quantitative estimate of drug-likeness (QED) is 0.920. The molecule has 21 heavy (non-hydrogen) atoms. The molecule has 1 fully saturated rings. The summed E-state index contributed by atoms with van der Waals surface area (Å²) in [6, 6.07) is 2.64. The highest BCUT2D eigenvalue weighted by atomic mass is 19.3. The van der Waals surface area contributed by atoms with Crippen molar-refractivity contribution >= 4 is 11.8 Å². The second-order valence-electron chi connectivity index (χ2n) is 4.40. The summed E-state index contributed by atoms with van der Waals surface area (Å²) < 4.78 is 38.1. The molecule has 0 bridgehead atoms. The Labute approximate surface area is 118 Å². The fourth-order valence-electron chi connectivity index (χ4n) is 1.84. The van der Waals surface area contributed by atoms with Crippen molar-refractivity contribution < 1.29 is 27.6 Å². The summed E-state index contributed by atoms with van der Waals surface area (Å²) in [5.41, 5.74) is -0.903. The highest BCUT2D eigenvalue weighted by Crippen LogP contribution is 2.22. The van der Waals surface area contributed by atoms with Crippen LogP contribution in [0.4, 0.5) is 13.2 Å². The number of hydroxylamine groups is 2. The molecule has 1 aromatic carbocycles. The van der Waals surface area contributed by atoms with Crippen molar-refractivity contribution in [1.82, 2.24) is 10.4 Å². The Kier molecular flexibility index (Phi) is 4.79. The third-order valence-corrected chi connectivity index (χ3v) is 2.93. The molecule has 1 heterocycles. The lowest BCUT2D eigenvalue weighted by atomic mass is 10.1. The van der Waals surface area contributed by atoms with Gasteiger partial charge in [-0.3, -0.25) is 14.4 Å². The van der Waals surface area contributed by atoms with Crippen LogP contribution in [0.3, 0.4) is 0 Å². The Hall–Kier alpha value is -2.09. The summed E-state index contributed by atoms with van der Waals surface area (Å²) in [6.07, 6.45) is -2.23. The lowest BCUT2D eigenvalue weighted by Crippen LogP contribution is -2.38. The molecule has 114 valence electrons. The fourth-order valence-corrected chi connectivity index (χ4v) is 1.84. The molecule has 0 aromatic heterocycles. The van der Waals surface area contributed by atoms with E-state index in [9.17, 15) is 22.8 Å². The molecule has 2 rings (SSSR count). The average Bonchev–Trinajstić information content (AvgIpc) is 2.98. The third-order valence-electron chi connectivity index (χ3n) is 2.93. The molecule has 0 radical (unpaired) electrons. The normalized spacial score (nSPS) is 14.6. The number of hydrogen-bond donors (Lipinski definition) is 1. The van der Waals surface area contributed by atoms with E-state index in [1.807, 2.05) is 0 Å². The molecule has 1 N–H and O–H groups in total. The van der Waals surface area contributed by atoms with Crippen LogP contribution < -0.4 is 5.32 Å². The van der Waals surface area contributed by atoms with E-state index in [-0.39, 0.29) is 12.1 Å². The van der Waals surface area contributed by atoms with E-state index in [1.54, 1.807) is 0 Å². The number of alkyl halides is 2. The van der Waals surface area contributed by atoms with E-state index < -0.39 is 29.6 Å².